The van der Waals surface area contributed by atoms with Gasteiger partial charge < -0.3 is 4.74 Å². The van der Waals surface area contributed by atoms with E-state index in [1.54, 1.807) is 20.8 Å². The molecule has 0 aliphatic carbocycles. The molecule has 0 aliphatic heterocycles. The molecule has 0 amide bonds. The summed E-state index contributed by atoms with van der Waals surface area (Å²) in [5.41, 5.74) is -0.0863. The number of carbonyl (C=O) groups excluding carboxylic acids is 1. The van der Waals surface area contributed by atoms with E-state index < -0.39 is 29.1 Å². The fourth-order valence-corrected chi connectivity index (χ4v) is 3.62. The van der Waals surface area contributed by atoms with Gasteiger partial charge in [-0.05, 0) is 73.7 Å². The van der Waals surface area contributed by atoms with Crippen molar-refractivity contribution in [2.75, 3.05) is 0 Å². The van der Waals surface area contributed by atoms with Crippen LogP contribution in [0.25, 0.3) is 22.2 Å². The maximum Gasteiger partial charge on any atom is 0.419 e. The molecule has 0 spiro atoms. The molecule has 3 nitrogen and oxygen atoms in total. The van der Waals surface area contributed by atoms with Crippen LogP contribution in [-0.2, 0) is 4.74 Å². The van der Waals surface area contributed by atoms with Crippen LogP contribution >= 0.6 is 22.6 Å². The number of hydrogen-bond donors (Lipinski definition) is 0. The van der Waals surface area contributed by atoms with Crippen molar-refractivity contribution in [3.63, 3.8) is 0 Å². The third-order valence-electron chi connectivity index (χ3n) is 3.61. The first-order valence-corrected chi connectivity index (χ1v) is 8.84. The van der Waals surface area contributed by atoms with Crippen molar-refractivity contribution < 1.29 is 22.7 Å². The van der Waals surface area contributed by atoms with E-state index >= 15 is 0 Å². The topological polar surface area (TPSA) is 31.2 Å². The van der Waals surface area contributed by atoms with Crippen LogP contribution < -0.4 is 0 Å². The fourth-order valence-electron chi connectivity index (χ4n) is 2.65. The molecule has 26 heavy (non-hydrogen) atoms. The minimum Gasteiger partial charge on any atom is -0.443 e. The Morgan fingerprint density at radius 2 is 1.65 bits per heavy atom. The zero-order valence-electron chi connectivity index (χ0n) is 14.2. The molecule has 0 unspecified atom stereocenters. The molecule has 1 aromatic heterocycles. The van der Waals surface area contributed by atoms with Gasteiger partial charge in [0.15, 0.2) is 5.82 Å². The average Bonchev–Trinajstić information content (AvgIpc) is 2.80. The summed E-state index contributed by atoms with van der Waals surface area (Å²) in [4.78, 5) is 12.8. The van der Waals surface area contributed by atoms with Gasteiger partial charge >= 0.3 is 6.09 Å². The monoisotopic (exact) mass is 473 g/mol. The molecule has 3 aromatic rings. The SMILES string of the molecule is CC(C)(C)OC(=O)n1c(-c2ccc(F)cc2)c(I)c2cc(F)cc(F)c21. The zero-order chi connectivity index (χ0) is 19.2. The van der Waals surface area contributed by atoms with Gasteiger partial charge in [-0.2, -0.15) is 0 Å². The van der Waals surface area contributed by atoms with E-state index in [9.17, 15) is 18.0 Å². The Labute approximate surface area is 161 Å². The van der Waals surface area contributed by atoms with Gasteiger partial charge in [0.2, 0.25) is 0 Å². The van der Waals surface area contributed by atoms with E-state index in [0.717, 1.165) is 10.6 Å². The first-order chi connectivity index (χ1) is 12.1. The molecule has 136 valence electrons. The highest BCUT2D eigenvalue weighted by Gasteiger charge is 2.28. The Bertz CT molecular complexity index is 1000. The van der Waals surface area contributed by atoms with E-state index in [4.69, 9.17) is 4.74 Å². The summed E-state index contributed by atoms with van der Waals surface area (Å²) < 4.78 is 48.5. The summed E-state index contributed by atoms with van der Waals surface area (Å²) in [6, 6.07) is 7.29. The number of fused-ring (bicyclic) bond motifs is 1. The summed E-state index contributed by atoms with van der Waals surface area (Å²) >= 11 is 1.92. The van der Waals surface area contributed by atoms with Crippen molar-refractivity contribution in [2.45, 2.75) is 26.4 Å². The molecule has 0 fully saturated rings. The third-order valence-corrected chi connectivity index (χ3v) is 4.71. The summed E-state index contributed by atoms with van der Waals surface area (Å²) in [6.07, 6.45) is -0.796. The van der Waals surface area contributed by atoms with Crippen LogP contribution in [0, 0.1) is 21.0 Å². The Hall–Kier alpha value is -2.03. The van der Waals surface area contributed by atoms with Crippen LogP contribution in [0.15, 0.2) is 36.4 Å². The second-order valence-corrected chi connectivity index (χ2v) is 7.85. The predicted molar refractivity (Wildman–Crippen MR) is 102 cm³/mol. The van der Waals surface area contributed by atoms with E-state index in [1.165, 1.54) is 24.3 Å². The van der Waals surface area contributed by atoms with Gasteiger partial charge in [-0.3, -0.25) is 0 Å². The molecule has 7 heteroatoms. The predicted octanol–water partition coefficient (Wildman–Crippen LogP) is 6.11. The summed E-state index contributed by atoms with van der Waals surface area (Å²) in [5, 5.41) is 0.244. The maximum absolute atomic E-state index is 14.5. The Balaban J connectivity index is 2.36. The zero-order valence-corrected chi connectivity index (χ0v) is 16.4. The normalized spacial score (nSPS) is 11.8. The molecule has 0 N–H and O–H groups in total. The molecule has 0 bridgehead atoms. The minimum absolute atomic E-state index is 0.0793. The van der Waals surface area contributed by atoms with Crippen LogP contribution in [0.1, 0.15) is 20.8 Å². The van der Waals surface area contributed by atoms with Gasteiger partial charge in [-0.15, -0.1) is 0 Å². The lowest BCUT2D eigenvalue weighted by Crippen LogP contribution is -2.27. The largest absolute Gasteiger partial charge is 0.443 e. The number of ether oxygens (including phenoxy) is 1. The molecule has 0 atom stereocenters. The van der Waals surface area contributed by atoms with E-state index in [-0.39, 0.29) is 10.9 Å². The minimum atomic E-state index is -0.878. The van der Waals surface area contributed by atoms with Crippen molar-refractivity contribution in [2.24, 2.45) is 0 Å². The molecule has 3 rings (SSSR count). The van der Waals surface area contributed by atoms with E-state index in [2.05, 4.69) is 0 Å². The number of benzene rings is 2. The number of halogens is 4. The molecular formula is C19H15F3INO2. The standard InChI is InChI=1S/C19H15F3INO2/c1-19(2,3)26-18(25)24-16(10-4-6-11(20)7-5-10)15(23)13-8-12(21)9-14(22)17(13)24/h4-9H,1-3H3. The van der Waals surface area contributed by atoms with Crippen LogP contribution in [0.3, 0.4) is 0 Å². The summed E-state index contributed by atoms with van der Waals surface area (Å²) in [5.74, 6) is -2.07. The molecule has 0 saturated heterocycles. The smallest absolute Gasteiger partial charge is 0.419 e. The Morgan fingerprint density at radius 1 is 1.04 bits per heavy atom. The van der Waals surface area contributed by atoms with Crippen LogP contribution in [0.2, 0.25) is 0 Å². The van der Waals surface area contributed by atoms with Crippen LogP contribution in [-0.4, -0.2) is 16.3 Å². The fraction of sp³-hybridized carbons (Fsp3) is 0.211. The highest BCUT2D eigenvalue weighted by molar-refractivity contribution is 14.1. The highest BCUT2D eigenvalue weighted by Crippen LogP contribution is 2.37. The van der Waals surface area contributed by atoms with Crippen molar-refractivity contribution in [3.8, 4) is 11.3 Å². The van der Waals surface area contributed by atoms with Crippen molar-refractivity contribution in [1.82, 2.24) is 4.57 Å². The lowest BCUT2D eigenvalue weighted by atomic mass is 10.1. The van der Waals surface area contributed by atoms with Crippen molar-refractivity contribution in [3.05, 3.63) is 57.4 Å². The molecule has 0 aliphatic rings. The Kier molecular flexibility index (Phi) is 4.76. The number of aromatic nitrogens is 1. The maximum atomic E-state index is 14.5. The van der Waals surface area contributed by atoms with E-state index in [1.807, 2.05) is 22.6 Å². The lowest BCUT2D eigenvalue weighted by molar-refractivity contribution is 0.0546. The van der Waals surface area contributed by atoms with Gasteiger partial charge in [0.1, 0.15) is 17.2 Å². The van der Waals surface area contributed by atoms with Gasteiger partial charge in [-0.25, -0.2) is 22.5 Å². The van der Waals surface area contributed by atoms with Gasteiger partial charge in [0, 0.05) is 20.6 Å². The average molecular weight is 473 g/mol. The quantitative estimate of drug-likeness (QED) is 0.400. The highest BCUT2D eigenvalue weighted by atomic mass is 127. The van der Waals surface area contributed by atoms with Crippen LogP contribution in [0.4, 0.5) is 18.0 Å². The Morgan fingerprint density at radius 3 is 2.23 bits per heavy atom. The third kappa shape index (κ3) is 3.44. The lowest BCUT2D eigenvalue weighted by Gasteiger charge is -2.21. The van der Waals surface area contributed by atoms with E-state index in [0.29, 0.717) is 20.9 Å². The summed E-state index contributed by atoms with van der Waals surface area (Å²) in [7, 11) is 0. The number of carbonyl (C=O) groups is 1. The first-order valence-electron chi connectivity index (χ1n) is 7.77. The number of hydrogen-bond acceptors (Lipinski definition) is 2. The second-order valence-electron chi connectivity index (χ2n) is 6.77. The number of rotatable bonds is 1. The summed E-state index contributed by atoms with van der Waals surface area (Å²) in [6.45, 7) is 5.07. The molecule has 0 saturated carbocycles. The molecule has 2 aromatic carbocycles. The van der Waals surface area contributed by atoms with Crippen LogP contribution in [0.5, 0.6) is 0 Å². The van der Waals surface area contributed by atoms with Gasteiger partial charge in [-0.1, -0.05) is 0 Å². The molecule has 1 heterocycles. The van der Waals surface area contributed by atoms with Crippen molar-refractivity contribution in [1.29, 1.82) is 0 Å². The molecule has 0 radical (unpaired) electrons. The second kappa shape index (κ2) is 6.61. The van der Waals surface area contributed by atoms with Gasteiger partial charge in [0.25, 0.3) is 0 Å². The molecular weight excluding hydrogens is 458 g/mol. The van der Waals surface area contributed by atoms with Gasteiger partial charge in [0.05, 0.1) is 11.2 Å². The number of nitrogens with zero attached hydrogens (tertiary/aromatic N) is 1. The first kappa shape index (κ1) is 18.8. The van der Waals surface area contributed by atoms with Crippen molar-refractivity contribution >= 4 is 39.6 Å².